The summed E-state index contributed by atoms with van der Waals surface area (Å²) in [6.45, 7) is 0.512. The van der Waals surface area contributed by atoms with Gasteiger partial charge in [0.05, 0.1) is 11.4 Å². The number of nitrogens with zero attached hydrogens (tertiary/aromatic N) is 4. The summed E-state index contributed by atoms with van der Waals surface area (Å²) in [4.78, 5) is 30.8. The van der Waals surface area contributed by atoms with Gasteiger partial charge in [0.25, 0.3) is 5.56 Å². The molecule has 8 nitrogen and oxygen atoms in total. The molecule has 3 aromatic rings. The highest BCUT2D eigenvalue weighted by Crippen LogP contribution is 2.13. The van der Waals surface area contributed by atoms with Crippen molar-refractivity contribution < 1.29 is 0 Å². The summed E-state index contributed by atoms with van der Waals surface area (Å²) in [5.41, 5.74) is 6.79. The van der Waals surface area contributed by atoms with Crippen LogP contribution >= 0.6 is 0 Å². The van der Waals surface area contributed by atoms with Gasteiger partial charge >= 0.3 is 0 Å². The lowest BCUT2D eigenvalue weighted by Crippen LogP contribution is -2.16. The van der Waals surface area contributed by atoms with Crippen LogP contribution in [0, 0.1) is 0 Å². The van der Waals surface area contributed by atoms with Crippen LogP contribution in [0.25, 0.3) is 11.4 Å². The van der Waals surface area contributed by atoms with Gasteiger partial charge in [-0.05, 0) is 18.2 Å². The first-order valence-corrected chi connectivity index (χ1v) is 7.05. The molecule has 3 heterocycles. The Kier molecular flexibility index (Phi) is 4.23. The second-order valence-electron chi connectivity index (χ2n) is 4.77. The van der Waals surface area contributed by atoms with E-state index in [-0.39, 0.29) is 11.4 Å². The van der Waals surface area contributed by atoms with E-state index in [4.69, 9.17) is 5.73 Å². The number of nitrogen functional groups attached to an aromatic ring is 1. The van der Waals surface area contributed by atoms with Gasteiger partial charge in [-0.3, -0.25) is 9.78 Å². The third-order valence-electron chi connectivity index (χ3n) is 3.04. The first-order chi connectivity index (χ1) is 11.2. The summed E-state index contributed by atoms with van der Waals surface area (Å²) in [7, 11) is 0. The fourth-order valence-electron chi connectivity index (χ4n) is 2.04. The van der Waals surface area contributed by atoms with Gasteiger partial charge in [-0.15, -0.1) is 0 Å². The molecule has 0 atom stereocenters. The van der Waals surface area contributed by atoms with Crippen molar-refractivity contribution in [1.82, 2.24) is 24.9 Å². The largest absolute Gasteiger partial charge is 0.383 e. The molecule has 0 spiro atoms. The molecule has 0 aliphatic carbocycles. The Labute approximate surface area is 131 Å². The first kappa shape index (κ1) is 14.6. The molecule has 0 aliphatic rings. The summed E-state index contributed by atoms with van der Waals surface area (Å²) >= 11 is 0. The van der Waals surface area contributed by atoms with Crippen LogP contribution < -0.4 is 16.6 Å². The fraction of sp³-hybridized carbons (Fsp3) is 0.133. The first-order valence-electron chi connectivity index (χ1n) is 7.05. The van der Waals surface area contributed by atoms with E-state index in [9.17, 15) is 4.79 Å². The van der Waals surface area contributed by atoms with Crippen molar-refractivity contribution in [3.63, 3.8) is 0 Å². The zero-order chi connectivity index (χ0) is 16.1. The van der Waals surface area contributed by atoms with E-state index in [1.54, 1.807) is 18.5 Å². The number of hydrogen-bond acceptors (Lipinski definition) is 7. The van der Waals surface area contributed by atoms with Crippen molar-refractivity contribution >= 4 is 11.8 Å². The third kappa shape index (κ3) is 3.88. The highest BCUT2D eigenvalue weighted by molar-refractivity contribution is 5.54. The van der Waals surface area contributed by atoms with Gasteiger partial charge in [-0.25, -0.2) is 15.0 Å². The van der Waals surface area contributed by atoms with E-state index in [1.165, 1.54) is 6.07 Å². The number of rotatable bonds is 5. The van der Waals surface area contributed by atoms with Gasteiger partial charge in [0, 0.05) is 31.4 Å². The lowest BCUT2D eigenvalue weighted by atomic mass is 10.2. The zero-order valence-corrected chi connectivity index (χ0v) is 12.2. The smallest absolute Gasteiger partial charge is 0.252 e. The molecule has 0 bridgehead atoms. The van der Waals surface area contributed by atoms with Crippen molar-refractivity contribution in [3.05, 3.63) is 58.9 Å². The number of nitrogens with two attached hydrogens (primary N) is 1. The van der Waals surface area contributed by atoms with Crippen molar-refractivity contribution in [1.29, 1.82) is 0 Å². The molecule has 3 rings (SSSR count). The molecule has 3 aromatic heterocycles. The molecule has 0 saturated carbocycles. The predicted octanol–water partition coefficient (Wildman–Crippen LogP) is 0.859. The second kappa shape index (κ2) is 6.65. The minimum atomic E-state index is -0.263. The van der Waals surface area contributed by atoms with Crippen molar-refractivity contribution in [2.24, 2.45) is 0 Å². The minimum Gasteiger partial charge on any atom is -0.383 e. The SMILES string of the molecule is Nc1cc(=O)[nH]c(CCNc2nccc(-c3ccccn3)n2)n1. The number of H-pyrrole nitrogens is 1. The number of pyridine rings is 1. The standard InChI is InChI=1S/C15H15N7O/c16-12-9-14(23)22-13(21-12)5-8-19-15-18-7-4-11(20-15)10-3-1-2-6-17-10/h1-4,6-7,9H,5,8H2,(H,18,19,20)(H3,16,21,22,23). The number of nitrogens with one attached hydrogen (secondary N) is 2. The van der Waals surface area contributed by atoms with Crippen LogP contribution in [-0.2, 0) is 6.42 Å². The number of anilines is 2. The normalized spacial score (nSPS) is 10.4. The summed E-state index contributed by atoms with van der Waals surface area (Å²) in [6, 6.07) is 8.68. The van der Waals surface area contributed by atoms with Crippen molar-refractivity contribution in [3.8, 4) is 11.4 Å². The number of hydrogen-bond donors (Lipinski definition) is 3. The fourth-order valence-corrected chi connectivity index (χ4v) is 2.04. The Hall–Kier alpha value is -3.29. The molecule has 0 unspecified atom stereocenters. The molecule has 0 fully saturated rings. The maximum Gasteiger partial charge on any atom is 0.252 e. The molecule has 0 amide bonds. The maximum absolute atomic E-state index is 11.3. The molecule has 8 heteroatoms. The monoisotopic (exact) mass is 309 g/mol. The molecular weight excluding hydrogens is 294 g/mol. The van der Waals surface area contributed by atoms with Crippen molar-refractivity contribution in [2.45, 2.75) is 6.42 Å². The Morgan fingerprint density at radius 1 is 1.09 bits per heavy atom. The predicted molar refractivity (Wildman–Crippen MR) is 86.7 cm³/mol. The van der Waals surface area contributed by atoms with Crippen LogP contribution in [0.5, 0.6) is 0 Å². The van der Waals surface area contributed by atoms with Gasteiger partial charge in [0.1, 0.15) is 11.6 Å². The molecule has 0 saturated heterocycles. The Bertz CT molecular complexity index is 848. The molecule has 23 heavy (non-hydrogen) atoms. The summed E-state index contributed by atoms with van der Waals surface area (Å²) in [6.07, 6.45) is 3.88. The highest BCUT2D eigenvalue weighted by atomic mass is 16.1. The van der Waals surface area contributed by atoms with Crippen LogP contribution in [-0.4, -0.2) is 31.5 Å². The maximum atomic E-state index is 11.3. The molecule has 4 N–H and O–H groups in total. The second-order valence-corrected chi connectivity index (χ2v) is 4.77. The van der Waals surface area contributed by atoms with E-state index in [0.717, 1.165) is 11.4 Å². The molecular formula is C15H15N7O. The lowest BCUT2D eigenvalue weighted by molar-refractivity contribution is 0.876. The highest BCUT2D eigenvalue weighted by Gasteiger charge is 2.03. The van der Waals surface area contributed by atoms with E-state index in [0.29, 0.717) is 24.7 Å². The van der Waals surface area contributed by atoms with E-state index in [2.05, 4.69) is 30.2 Å². The van der Waals surface area contributed by atoms with Gasteiger partial charge in [-0.1, -0.05) is 6.07 Å². The average molecular weight is 309 g/mol. The summed E-state index contributed by atoms with van der Waals surface area (Å²) in [5, 5.41) is 3.09. The molecule has 0 radical (unpaired) electrons. The van der Waals surface area contributed by atoms with Crippen molar-refractivity contribution in [2.75, 3.05) is 17.6 Å². The average Bonchev–Trinajstić information content (AvgIpc) is 2.55. The number of aromatic amines is 1. The molecule has 116 valence electrons. The summed E-state index contributed by atoms with van der Waals surface area (Å²) < 4.78 is 0. The van der Waals surface area contributed by atoms with Gasteiger partial charge < -0.3 is 16.0 Å². The van der Waals surface area contributed by atoms with Gasteiger partial charge in [0.2, 0.25) is 5.95 Å². The minimum absolute atomic E-state index is 0.206. The van der Waals surface area contributed by atoms with Gasteiger partial charge in [-0.2, -0.15) is 0 Å². The van der Waals surface area contributed by atoms with E-state index < -0.39 is 0 Å². The Morgan fingerprint density at radius 2 is 2.00 bits per heavy atom. The lowest BCUT2D eigenvalue weighted by Gasteiger charge is -2.06. The zero-order valence-electron chi connectivity index (χ0n) is 12.2. The topological polar surface area (TPSA) is 122 Å². The van der Waals surface area contributed by atoms with E-state index >= 15 is 0 Å². The quantitative estimate of drug-likeness (QED) is 0.638. The number of aromatic nitrogens is 5. The summed E-state index contributed by atoms with van der Waals surface area (Å²) in [5.74, 6) is 1.21. The van der Waals surface area contributed by atoms with Crippen LogP contribution in [0.1, 0.15) is 5.82 Å². The van der Waals surface area contributed by atoms with Crippen LogP contribution in [0.4, 0.5) is 11.8 Å². The molecule has 0 aliphatic heterocycles. The third-order valence-corrected chi connectivity index (χ3v) is 3.04. The van der Waals surface area contributed by atoms with E-state index in [1.807, 2.05) is 18.2 Å². The van der Waals surface area contributed by atoms with Crippen LogP contribution in [0.2, 0.25) is 0 Å². The Morgan fingerprint density at radius 3 is 2.78 bits per heavy atom. The molecule has 0 aromatic carbocycles. The van der Waals surface area contributed by atoms with Crippen LogP contribution in [0.3, 0.4) is 0 Å². The van der Waals surface area contributed by atoms with Gasteiger partial charge in [0.15, 0.2) is 0 Å². The van der Waals surface area contributed by atoms with Crippen LogP contribution in [0.15, 0.2) is 47.5 Å². The Balaban J connectivity index is 1.66.